The Bertz CT molecular complexity index is 1450. The van der Waals surface area contributed by atoms with Crippen molar-refractivity contribution in [3.8, 4) is 17.6 Å². The van der Waals surface area contributed by atoms with Gasteiger partial charge in [0.2, 0.25) is 19.3 Å². The summed E-state index contributed by atoms with van der Waals surface area (Å²) in [7, 11) is -2.17. The summed E-state index contributed by atoms with van der Waals surface area (Å²) in [5, 5.41) is 19.0. The van der Waals surface area contributed by atoms with E-state index in [4.69, 9.17) is 9.47 Å². The molecule has 10 nitrogen and oxygen atoms in total. The van der Waals surface area contributed by atoms with Crippen LogP contribution in [0.25, 0.3) is 6.08 Å². The molecule has 1 amide bonds. The van der Waals surface area contributed by atoms with Crippen LogP contribution in [-0.2, 0) is 14.6 Å². The number of ether oxygens (including phenoxy) is 2. The first-order valence-electron chi connectivity index (χ1n) is 10.1. The zero-order valence-electron chi connectivity index (χ0n) is 18.9. The predicted octanol–water partition coefficient (Wildman–Crippen LogP) is 3.41. The maximum absolute atomic E-state index is 12.5. The summed E-state index contributed by atoms with van der Waals surface area (Å²) in [6.07, 6.45) is 1.30. The first kappa shape index (κ1) is 25.5. The fraction of sp³-hybridized carbons (Fsp3) is 0.174. The topological polar surface area (TPSA) is 148 Å². The molecule has 0 unspecified atom stereocenters. The van der Waals surface area contributed by atoms with Gasteiger partial charge in [-0.15, -0.1) is 10.2 Å². The first-order chi connectivity index (χ1) is 16.7. The average Bonchev–Trinajstić information content (AvgIpc) is 3.32. The smallest absolute Gasteiger partial charge is 0.343 e. The number of nitrogens with one attached hydrogen (secondary N) is 1. The minimum absolute atomic E-state index is 0.0563. The molecule has 0 aliphatic rings. The summed E-state index contributed by atoms with van der Waals surface area (Å²) in [6, 6.07) is 13.3. The molecule has 1 N–H and O–H groups in total. The number of amides is 1. The van der Waals surface area contributed by atoms with Crippen molar-refractivity contribution in [1.82, 2.24) is 10.2 Å². The number of esters is 1. The summed E-state index contributed by atoms with van der Waals surface area (Å²) in [5.74, 6) is -1.13. The third-order valence-corrected chi connectivity index (χ3v) is 7.61. The van der Waals surface area contributed by atoms with Gasteiger partial charge in [-0.3, -0.25) is 10.1 Å². The lowest BCUT2D eigenvalue weighted by Crippen LogP contribution is -2.13. The summed E-state index contributed by atoms with van der Waals surface area (Å²) in [4.78, 5) is 25.0. The highest BCUT2D eigenvalue weighted by atomic mass is 32.2. The molecule has 0 aliphatic carbocycles. The van der Waals surface area contributed by atoms with E-state index in [2.05, 4.69) is 15.5 Å². The van der Waals surface area contributed by atoms with Crippen LogP contribution in [0.15, 0.2) is 52.4 Å². The van der Waals surface area contributed by atoms with Gasteiger partial charge in [-0.1, -0.05) is 42.0 Å². The molecule has 1 heterocycles. The number of sulfone groups is 1. The number of nitrogens with zero attached hydrogens (tertiary/aromatic N) is 3. The van der Waals surface area contributed by atoms with Gasteiger partial charge in [0.1, 0.15) is 11.6 Å². The second-order valence-electron chi connectivity index (χ2n) is 7.07. The van der Waals surface area contributed by atoms with Crippen molar-refractivity contribution in [3.63, 3.8) is 0 Å². The molecule has 2 aromatic carbocycles. The lowest BCUT2D eigenvalue weighted by atomic mass is 10.1. The van der Waals surface area contributed by atoms with Crippen molar-refractivity contribution in [1.29, 1.82) is 5.26 Å². The molecule has 0 saturated heterocycles. The Hall–Kier alpha value is -4.08. The fourth-order valence-corrected chi connectivity index (χ4v) is 4.76. The van der Waals surface area contributed by atoms with E-state index in [0.29, 0.717) is 22.5 Å². The second-order valence-corrected chi connectivity index (χ2v) is 10.5. The number of benzene rings is 2. The average molecular weight is 513 g/mol. The summed E-state index contributed by atoms with van der Waals surface area (Å²) in [5.41, 5.74) is 1.44. The van der Waals surface area contributed by atoms with Crippen LogP contribution < -0.4 is 14.8 Å². The molecular weight excluding hydrogens is 492 g/mol. The van der Waals surface area contributed by atoms with Crippen LogP contribution in [0.2, 0.25) is 0 Å². The molecule has 0 bridgehead atoms. The Kier molecular flexibility index (Phi) is 7.95. The molecule has 0 aliphatic heterocycles. The van der Waals surface area contributed by atoms with Crippen LogP contribution in [0.4, 0.5) is 5.13 Å². The van der Waals surface area contributed by atoms with E-state index in [1.54, 1.807) is 30.3 Å². The van der Waals surface area contributed by atoms with Crippen molar-refractivity contribution in [2.24, 2.45) is 0 Å². The summed E-state index contributed by atoms with van der Waals surface area (Å²) in [6.45, 7) is 3.33. The van der Waals surface area contributed by atoms with E-state index < -0.39 is 21.7 Å². The number of carbonyl (C=O) groups excluding carboxylic acids is 2. The van der Waals surface area contributed by atoms with Crippen molar-refractivity contribution in [2.45, 2.75) is 18.2 Å². The number of rotatable bonds is 8. The van der Waals surface area contributed by atoms with Crippen LogP contribution in [-0.4, -0.2) is 43.4 Å². The Balaban J connectivity index is 1.79. The van der Waals surface area contributed by atoms with Crippen LogP contribution in [0.1, 0.15) is 28.4 Å². The third-order valence-electron chi connectivity index (χ3n) is 4.59. The number of aryl methyl sites for hydroxylation is 1. The molecule has 0 fully saturated rings. The SMILES string of the molecule is CCS(=O)(=O)c1nnc(NC(=O)C(C#N)=Cc2ccc(OC(=O)c3cccc(C)c3)c(OC)c2)s1. The van der Waals surface area contributed by atoms with Crippen LogP contribution in [0.3, 0.4) is 0 Å². The van der Waals surface area contributed by atoms with Gasteiger partial charge in [-0.25, -0.2) is 13.2 Å². The van der Waals surface area contributed by atoms with Crippen LogP contribution in [0.5, 0.6) is 11.5 Å². The largest absolute Gasteiger partial charge is 0.493 e. The number of carbonyl (C=O) groups is 2. The van der Waals surface area contributed by atoms with Gasteiger partial charge in [0, 0.05) is 0 Å². The zero-order chi connectivity index (χ0) is 25.6. The van der Waals surface area contributed by atoms with Crippen molar-refractivity contribution >= 4 is 44.3 Å². The van der Waals surface area contributed by atoms with Gasteiger partial charge in [-0.05, 0) is 42.8 Å². The van der Waals surface area contributed by atoms with E-state index in [0.717, 1.165) is 5.56 Å². The minimum Gasteiger partial charge on any atom is -0.493 e. The molecule has 0 spiro atoms. The second kappa shape index (κ2) is 10.9. The van der Waals surface area contributed by atoms with Crippen molar-refractivity contribution in [2.75, 3.05) is 18.2 Å². The number of aromatic nitrogens is 2. The Labute approximate surface area is 205 Å². The number of hydrogen-bond donors (Lipinski definition) is 1. The molecular formula is C23H20N4O6S2. The minimum atomic E-state index is -3.56. The molecule has 180 valence electrons. The Morgan fingerprint density at radius 1 is 1.17 bits per heavy atom. The van der Waals surface area contributed by atoms with Gasteiger partial charge in [0.05, 0.1) is 18.4 Å². The number of hydrogen-bond acceptors (Lipinski definition) is 10. The standard InChI is InChI=1S/C23H20N4O6S2/c1-4-35(30,31)23-27-26-22(34-23)25-20(28)17(13-24)11-15-8-9-18(19(12-15)32-3)33-21(29)16-7-5-6-14(2)10-16/h5-12H,4H2,1-3H3,(H,25,26,28). The highest BCUT2D eigenvalue weighted by molar-refractivity contribution is 7.93. The fourth-order valence-electron chi connectivity index (χ4n) is 2.78. The highest BCUT2D eigenvalue weighted by Gasteiger charge is 2.20. The maximum atomic E-state index is 12.5. The van der Waals surface area contributed by atoms with Crippen molar-refractivity contribution < 1.29 is 27.5 Å². The van der Waals surface area contributed by atoms with Crippen molar-refractivity contribution in [3.05, 3.63) is 64.7 Å². The summed E-state index contributed by atoms with van der Waals surface area (Å²) < 4.78 is 34.3. The van der Waals surface area contributed by atoms with Crippen LogP contribution >= 0.6 is 11.3 Å². The molecule has 1 aromatic heterocycles. The molecule has 12 heteroatoms. The molecule has 0 saturated carbocycles. The monoisotopic (exact) mass is 512 g/mol. The van der Waals surface area contributed by atoms with Gasteiger partial charge >= 0.3 is 5.97 Å². The highest BCUT2D eigenvalue weighted by Crippen LogP contribution is 2.30. The third kappa shape index (κ3) is 6.28. The Morgan fingerprint density at radius 3 is 2.60 bits per heavy atom. The molecule has 3 aromatic rings. The lowest BCUT2D eigenvalue weighted by Gasteiger charge is -2.10. The van der Waals surface area contributed by atoms with E-state index in [1.165, 1.54) is 32.2 Å². The lowest BCUT2D eigenvalue weighted by molar-refractivity contribution is -0.112. The number of methoxy groups -OCH3 is 1. The maximum Gasteiger partial charge on any atom is 0.343 e. The predicted molar refractivity (Wildman–Crippen MR) is 129 cm³/mol. The van der Waals surface area contributed by atoms with Gasteiger partial charge in [0.15, 0.2) is 11.5 Å². The molecule has 0 atom stereocenters. The first-order valence-corrected chi connectivity index (χ1v) is 12.6. The van der Waals surface area contributed by atoms with Gasteiger partial charge in [-0.2, -0.15) is 5.26 Å². The van der Waals surface area contributed by atoms with Gasteiger partial charge in [0.25, 0.3) is 5.91 Å². The quantitative estimate of drug-likeness (QED) is 0.157. The molecule has 0 radical (unpaired) electrons. The number of nitriles is 1. The van der Waals surface area contributed by atoms with Gasteiger partial charge < -0.3 is 9.47 Å². The molecule has 35 heavy (non-hydrogen) atoms. The zero-order valence-corrected chi connectivity index (χ0v) is 20.6. The van der Waals surface area contributed by atoms with E-state index in [1.807, 2.05) is 13.0 Å². The van der Waals surface area contributed by atoms with Crippen LogP contribution in [0, 0.1) is 18.3 Å². The van der Waals surface area contributed by atoms with E-state index in [-0.39, 0.29) is 32.3 Å². The van der Waals surface area contributed by atoms with E-state index >= 15 is 0 Å². The van der Waals surface area contributed by atoms with E-state index in [9.17, 15) is 23.3 Å². The Morgan fingerprint density at radius 2 is 1.94 bits per heavy atom. The summed E-state index contributed by atoms with van der Waals surface area (Å²) >= 11 is 0.692. The number of anilines is 1. The molecule has 3 rings (SSSR count). The normalized spacial score (nSPS) is 11.4.